The van der Waals surface area contributed by atoms with Gasteiger partial charge < -0.3 is 21.7 Å². The number of aromatic nitrogens is 3. The van der Waals surface area contributed by atoms with E-state index in [1.807, 2.05) is 4.40 Å². The number of para-hydroxylation sites is 1. The zero-order valence-corrected chi connectivity index (χ0v) is 18.3. The number of nitrogen functional groups attached to an aromatic ring is 1. The second kappa shape index (κ2) is 8.47. The van der Waals surface area contributed by atoms with Gasteiger partial charge in [-0.15, -0.1) is 0 Å². The molecule has 5 rings (SSSR count). The molecule has 10 heteroatoms. The molecule has 1 fully saturated rings. The largest absolute Gasteiger partial charge is 0.382 e. The predicted octanol–water partition coefficient (Wildman–Crippen LogP) is 4.53. The van der Waals surface area contributed by atoms with Crippen LogP contribution < -0.4 is 21.7 Å². The third kappa shape index (κ3) is 4.13. The van der Waals surface area contributed by atoms with Gasteiger partial charge in [-0.05, 0) is 55.7 Å². The van der Waals surface area contributed by atoms with Gasteiger partial charge in [0.15, 0.2) is 5.69 Å². The van der Waals surface area contributed by atoms with Crippen LogP contribution in [0, 0.1) is 12.7 Å². The number of imidazole rings is 1. The van der Waals surface area contributed by atoms with E-state index >= 15 is 0 Å². The van der Waals surface area contributed by atoms with Crippen LogP contribution in [-0.4, -0.2) is 26.3 Å². The molecule has 2 aromatic carbocycles. The zero-order valence-electron chi connectivity index (χ0n) is 18.3. The summed E-state index contributed by atoms with van der Waals surface area (Å²) < 4.78 is 15.6. The number of urea groups is 1. The van der Waals surface area contributed by atoms with Gasteiger partial charge in [0.25, 0.3) is 5.91 Å². The van der Waals surface area contributed by atoms with Crippen molar-refractivity contribution in [1.82, 2.24) is 14.4 Å². The number of amides is 3. The van der Waals surface area contributed by atoms with Gasteiger partial charge in [0.05, 0.1) is 5.69 Å². The van der Waals surface area contributed by atoms with Crippen molar-refractivity contribution in [2.75, 3.05) is 21.7 Å². The highest BCUT2D eigenvalue weighted by molar-refractivity contribution is 6.09. The molecular weight excluding hydrogens is 437 g/mol. The van der Waals surface area contributed by atoms with Crippen LogP contribution in [0.2, 0.25) is 0 Å². The number of fused-ring (bicyclic) bond motifs is 1. The van der Waals surface area contributed by atoms with Crippen molar-refractivity contribution >= 4 is 40.3 Å². The van der Waals surface area contributed by atoms with E-state index in [2.05, 4.69) is 25.9 Å². The maximum absolute atomic E-state index is 13.8. The summed E-state index contributed by atoms with van der Waals surface area (Å²) in [6.07, 6.45) is 5.41. The lowest BCUT2D eigenvalue weighted by molar-refractivity contribution is 0.102. The minimum absolute atomic E-state index is 0.0770. The monoisotopic (exact) mass is 459 g/mol. The Labute approximate surface area is 194 Å². The van der Waals surface area contributed by atoms with Crippen molar-refractivity contribution in [2.45, 2.75) is 25.7 Å². The van der Waals surface area contributed by atoms with Crippen molar-refractivity contribution in [3.8, 4) is 0 Å². The minimum Gasteiger partial charge on any atom is -0.382 e. The first-order valence-electron chi connectivity index (χ1n) is 10.8. The number of carbonyl (C=O) groups excluding carboxylic acids is 2. The van der Waals surface area contributed by atoms with Crippen LogP contribution in [0.1, 0.15) is 40.6 Å². The molecule has 0 spiro atoms. The number of anilines is 4. The van der Waals surface area contributed by atoms with Gasteiger partial charge in [0.2, 0.25) is 0 Å². The maximum Gasteiger partial charge on any atom is 0.323 e. The second-order valence-electron chi connectivity index (χ2n) is 8.17. The Morgan fingerprint density at radius 2 is 1.85 bits per heavy atom. The Balaban J connectivity index is 1.32. The normalized spacial score (nSPS) is 13.0. The molecule has 1 aliphatic carbocycles. The van der Waals surface area contributed by atoms with Gasteiger partial charge in [-0.25, -0.2) is 19.2 Å². The summed E-state index contributed by atoms with van der Waals surface area (Å²) in [5, 5.41) is 8.00. The number of carbonyl (C=O) groups is 2. The number of halogens is 1. The van der Waals surface area contributed by atoms with Gasteiger partial charge in [0, 0.05) is 29.7 Å². The SMILES string of the molecule is Cc1cc(NC(=O)c2nc(C3CC3)n3ccnc(N)c23)ccc1NC(=O)Nc1ccccc1F. The van der Waals surface area contributed by atoms with E-state index in [9.17, 15) is 14.0 Å². The number of hydrogen-bond acceptors (Lipinski definition) is 5. The minimum atomic E-state index is -0.579. The Hall–Kier alpha value is -4.47. The van der Waals surface area contributed by atoms with Crippen LogP contribution in [0.5, 0.6) is 0 Å². The van der Waals surface area contributed by atoms with E-state index in [-0.39, 0.29) is 17.2 Å². The number of hydrogen-bond donors (Lipinski definition) is 4. The Morgan fingerprint density at radius 1 is 1.09 bits per heavy atom. The summed E-state index contributed by atoms with van der Waals surface area (Å²) in [7, 11) is 0. The zero-order chi connectivity index (χ0) is 23.8. The van der Waals surface area contributed by atoms with Gasteiger partial charge >= 0.3 is 6.03 Å². The van der Waals surface area contributed by atoms with Gasteiger partial charge in [-0.1, -0.05) is 12.1 Å². The molecule has 0 bridgehead atoms. The number of benzene rings is 2. The smallest absolute Gasteiger partial charge is 0.323 e. The standard InChI is InChI=1S/C24H22FN7O2/c1-13-12-15(8-9-17(13)29-24(34)30-18-5-3-2-4-16(18)25)28-23(33)19-20-21(26)27-10-11-32(20)22(31-19)14-6-7-14/h2-5,8-12,14H,6-7H2,1H3,(H2,26,27)(H,28,33)(H2,29,30,34). The Bertz CT molecular complexity index is 1430. The van der Waals surface area contributed by atoms with Crippen LogP contribution in [-0.2, 0) is 0 Å². The van der Waals surface area contributed by atoms with E-state index < -0.39 is 17.8 Å². The molecular formula is C24H22FN7O2. The highest BCUT2D eigenvalue weighted by Crippen LogP contribution is 2.40. The lowest BCUT2D eigenvalue weighted by Crippen LogP contribution is -2.20. The van der Waals surface area contributed by atoms with Crippen LogP contribution in [0.3, 0.4) is 0 Å². The molecule has 34 heavy (non-hydrogen) atoms. The van der Waals surface area contributed by atoms with Gasteiger partial charge in [-0.3, -0.25) is 9.20 Å². The van der Waals surface area contributed by atoms with Gasteiger partial charge in [-0.2, -0.15) is 0 Å². The topological polar surface area (TPSA) is 126 Å². The van der Waals surface area contributed by atoms with Crippen molar-refractivity contribution in [3.63, 3.8) is 0 Å². The first-order chi connectivity index (χ1) is 16.4. The maximum atomic E-state index is 13.8. The van der Waals surface area contributed by atoms with Gasteiger partial charge in [0.1, 0.15) is 23.0 Å². The van der Waals surface area contributed by atoms with Crippen LogP contribution in [0.4, 0.5) is 32.1 Å². The van der Waals surface area contributed by atoms with Crippen molar-refractivity contribution in [3.05, 3.63) is 77.8 Å². The van der Waals surface area contributed by atoms with Crippen LogP contribution in [0.25, 0.3) is 5.52 Å². The number of nitrogens with zero attached hydrogens (tertiary/aromatic N) is 3. The summed E-state index contributed by atoms with van der Waals surface area (Å²) in [6, 6.07) is 10.4. The van der Waals surface area contributed by atoms with Crippen molar-refractivity contribution in [1.29, 1.82) is 0 Å². The molecule has 2 heterocycles. The first-order valence-corrected chi connectivity index (χ1v) is 10.8. The summed E-state index contributed by atoms with van der Waals surface area (Å²) in [4.78, 5) is 34.0. The van der Waals surface area contributed by atoms with E-state index in [4.69, 9.17) is 5.73 Å². The molecule has 172 valence electrons. The Kier molecular flexibility index (Phi) is 5.33. The highest BCUT2D eigenvalue weighted by Gasteiger charge is 2.31. The highest BCUT2D eigenvalue weighted by atomic mass is 19.1. The fourth-order valence-corrected chi connectivity index (χ4v) is 3.79. The van der Waals surface area contributed by atoms with E-state index in [0.717, 1.165) is 18.7 Å². The number of aryl methyl sites for hydroxylation is 1. The molecule has 9 nitrogen and oxygen atoms in total. The summed E-state index contributed by atoms with van der Waals surface area (Å²) >= 11 is 0. The Morgan fingerprint density at radius 3 is 2.59 bits per heavy atom. The average molecular weight is 459 g/mol. The number of rotatable bonds is 5. The molecule has 3 amide bonds. The quantitative estimate of drug-likeness (QED) is 0.349. The summed E-state index contributed by atoms with van der Waals surface area (Å²) in [5.41, 5.74) is 8.59. The molecule has 1 aliphatic rings. The average Bonchev–Trinajstić information content (AvgIpc) is 3.57. The second-order valence-corrected chi connectivity index (χ2v) is 8.17. The lowest BCUT2D eigenvalue weighted by atomic mass is 10.1. The summed E-state index contributed by atoms with van der Waals surface area (Å²) in [5.74, 6) is 0.440. The fourth-order valence-electron chi connectivity index (χ4n) is 3.79. The van der Waals surface area contributed by atoms with Crippen molar-refractivity contribution < 1.29 is 14.0 Å². The molecule has 2 aromatic heterocycles. The fraction of sp³-hybridized carbons (Fsp3) is 0.167. The van der Waals surface area contributed by atoms with E-state index in [0.29, 0.717) is 28.4 Å². The van der Waals surface area contributed by atoms with Crippen LogP contribution in [0.15, 0.2) is 54.9 Å². The third-order valence-electron chi connectivity index (χ3n) is 5.62. The molecule has 0 saturated heterocycles. The molecule has 0 atom stereocenters. The van der Waals surface area contributed by atoms with E-state index in [1.165, 1.54) is 12.1 Å². The lowest BCUT2D eigenvalue weighted by Gasteiger charge is -2.12. The molecule has 1 saturated carbocycles. The number of nitrogens with two attached hydrogens (primary N) is 1. The molecule has 4 aromatic rings. The third-order valence-corrected chi connectivity index (χ3v) is 5.62. The summed E-state index contributed by atoms with van der Waals surface area (Å²) in [6.45, 7) is 1.79. The molecule has 0 aliphatic heterocycles. The van der Waals surface area contributed by atoms with Crippen LogP contribution >= 0.6 is 0 Å². The molecule has 5 N–H and O–H groups in total. The number of nitrogens with one attached hydrogen (secondary N) is 3. The molecule has 0 radical (unpaired) electrons. The van der Waals surface area contributed by atoms with E-state index in [1.54, 1.807) is 49.6 Å². The first kappa shape index (κ1) is 21.4. The predicted molar refractivity (Wildman–Crippen MR) is 128 cm³/mol. The van der Waals surface area contributed by atoms with Crippen molar-refractivity contribution in [2.24, 2.45) is 0 Å². The molecule has 0 unspecified atom stereocenters.